The molecule has 0 fully saturated rings. The molecule has 49 heavy (non-hydrogen) atoms. The van der Waals surface area contributed by atoms with Gasteiger partial charge in [0.25, 0.3) is 0 Å². The van der Waals surface area contributed by atoms with Gasteiger partial charge in [-0.2, -0.15) is 8.42 Å². The van der Waals surface area contributed by atoms with Gasteiger partial charge in [0.15, 0.2) is 6.10 Å². The zero-order valence-electron chi connectivity index (χ0n) is 27.8. The summed E-state index contributed by atoms with van der Waals surface area (Å²) >= 11 is 0. The summed E-state index contributed by atoms with van der Waals surface area (Å²) in [6.07, 6.45) is 5.14. The minimum Gasteiger partial charge on any atom is -0.484 e. The molecule has 2 atom stereocenters. The summed E-state index contributed by atoms with van der Waals surface area (Å²) in [5, 5.41) is 7.89. The summed E-state index contributed by atoms with van der Waals surface area (Å²) in [7, 11) is 1.42. The molecule has 3 N–H and O–H groups in total. The summed E-state index contributed by atoms with van der Waals surface area (Å²) < 4.78 is 49.6. The average Bonchev–Trinajstić information content (AvgIpc) is 3.64. The standard InChI is InChI=1S/C20H22N2O.C18H19NO2.H2O4S/c1-22(2)14-12-20(19-9-5-6-13-21-19)23-18-11-10-16-7-3-4-8-17(16)15-18;1-19-12-11-18(17-10-5-13-20-17)21-16-9-4-7-14-6-2-3-8-15(14)16;1-5(2,3)4/h3-11,13,15,20H,12,14H2,1-2H3;2-10,13,18-19H,11-12H2,1H3;(H2,1,2,3,4). The molecule has 0 amide bonds. The van der Waals surface area contributed by atoms with Gasteiger partial charge in [0, 0.05) is 31.0 Å². The number of nitrogens with one attached hydrogen (secondary N) is 1. The monoisotopic (exact) mass is 685 g/mol. The van der Waals surface area contributed by atoms with Gasteiger partial charge in [0.2, 0.25) is 0 Å². The molecule has 0 aliphatic heterocycles. The minimum absolute atomic E-state index is 0.0419. The van der Waals surface area contributed by atoms with Gasteiger partial charge in [-0.15, -0.1) is 0 Å². The number of nitrogens with zero attached hydrogens (tertiary/aromatic N) is 2. The van der Waals surface area contributed by atoms with E-state index in [1.807, 2.05) is 80.0 Å². The molecule has 6 rings (SSSR count). The second-order valence-electron chi connectivity index (χ2n) is 11.4. The van der Waals surface area contributed by atoms with E-state index in [4.69, 9.17) is 31.4 Å². The lowest BCUT2D eigenvalue weighted by Gasteiger charge is -2.21. The Bertz CT molecular complexity index is 1940. The zero-order valence-corrected chi connectivity index (χ0v) is 28.7. The molecule has 258 valence electrons. The molecule has 2 aromatic heterocycles. The Morgan fingerprint density at radius 3 is 2.14 bits per heavy atom. The molecule has 6 aromatic rings. The molecule has 10 nitrogen and oxygen atoms in total. The lowest BCUT2D eigenvalue weighted by atomic mass is 10.1. The second-order valence-corrected chi connectivity index (χ2v) is 12.3. The maximum absolute atomic E-state index is 8.74. The molecule has 0 bridgehead atoms. The Kier molecular flexibility index (Phi) is 14.1. The van der Waals surface area contributed by atoms with Crippen LogP contribution in [-0.2, 0) is 10.4 Å². The van der Waals surface area contributed by atoms with Crippen LogP contribution in [0.1, 0.15) is 36.5 Å². The van der Waals surface area contributed by atoms with E-state index < -0.39 is 10.4 Å². The maximum Gasteiger partial charge on any atom is 0.394 e. The number of hydrogen-bond donors (Lipinski definition) is 3. The first-order valence-corrected chi connectivity index (χ1v) is 17.2. The van der Waals surface area contributed by atoms with E-state index in [-0.39, 0.29) is 12.2 Å². The first-order chi connectivity index (χ1) is 23.6. The van der Waals surface area contributed by atoms with Crippen LogP contribution < -0.4 is 14.8 Å². The van der Waals surface area contributed by atoms with Crippen LogP contribution in [0.2, 0.25) is 0 Å². The van der Waals surface area contributed by atoms with E-state index in [1.165, 1.54) is 16.2 Å². The van der Waals surface area contributed by atoms with Crippen molar-refractivity contribution in [2.45, 2.75) is 25.0 Å². The van der Waals surface area contributed by atoms with Crippen molar-refractivity contribution in [2.75, 3.05) is 34.2 Å². The van der Waals surface area contributed by atoms with Gasteiger partial charge in [-0.1, -0.05) is 72.8 Å². The van der Waals surface area contributed by atoms with Gasteiger partial charge >= 0.3 is 10.4 Å². The van der Waals surface area contributed by atoms with Crippen LogP contribution in [0, 0.1) is 0 Å². The number of fused-ring (bicyclic) bond motifs is 2. The average molecular weight is 686 g/mol. The van der Waals surface area contributed by atoms with Crippen LogP contribution in [0.25, 0.3) is 21.5 Å². The summed E-state index contributed by atoms with van der Waals surface area (Å²) in [6, 6.07) is 38.8. The van der Waals surface area contributed by atoms with Crippen LogP contribution in [0.3, 0.4) is 0 Å². The molecule has 0 saturated heterocycles. The molecule has 0 aliphatic carbocycles. The van der Waals surface area contributed by atoms with E-state index in [9.17, 15) is 0 Å². The Balaban J connectivity index is 0.000000195. The largest absolute Gasteiger partial charge is 0.484 e. The molecular formula is C38H43N3O7S. The molecule has 0 spiro atoms. The van der Waals surface area contributed by atoms with Crippen molar-refractivity contribution in [3.63, 3.8) is 0 Å². The van der Waals surface area contributed by atoms with Gasteiger partial charge in [-0.3, -0.25) is 14.1 Å². The molecule has 0 radical (unpaired) electrons. The van der Waals surface area contributed by atoms with Crippen LogP contribution in [-0.4, -0.2) is 61.6 Å². The Hall–Kier alpha value is -4.78. The first kappa shape index (κ1) is 37.0. The number of rotatable bonds is 12. The second kappa shape index (κ2) is 18.7. The van der Waals surface area contributed by atoms with E-state index in [2.05, 4.69) is 77.8 Å². The van der Waals surface area contributed by atoms with E-state index >= 15 is 0 Å². The minimum atomic E-state index is -4.67. The van der Waals surface area contributed by atoms with Crippen LogP contribution in [0.15, 0.2) is 132 Å². The molecule has 2 unspecified atom stereocenters. The zero-order chi connectivity index (χ0) is 35.1. The van der Waals surface area contributed by atoms with Gasteiger partial charge in [0.05, 0.1) is 12.0 Å². The number of ether oxygens (including phenoxy) is 2. The maximum atomic E-state index is 8.74. The predicted octanol–water partition coefficient (Wildman–Crippen LogP) is 7.82. The van der Waals surface area contributed by atoms with Crippen LogP contribution in [0.4, 0.5) is 0 Å². The lowest BCUT2D eigenvalue weighted by Crippen LogP contribution is -2.19. The summed E-state index contributed by atoms with van der Waals surface area (Å²) in [5.41, 5.74) is 0.975. The topological polar surface area (TPSA) is 134 Å². The number of aromatic nitrogens is 1. The van der Waals surface area contributed by atoms with Crippen molar-refractivity contribution in [1.29, 1.82) is 0 Å². The number of benzene rings is 4. The third kappa shape index (κ3) is 12.6. The quantitative estimate of drug-likeness (QED) is 0.110. The summed E-state index contributed by atoms with van der Waals surface area (Å²) in [5.74, 6) is 2.64. The van der Waals surface area contributed by atoms with Gasteiger partial charge in [-0.05, 0) is 86.3 Å². The van der Waals surface area contributed by atoms with Gasteiger partial charge in [-0.25, -0.2) is 0 Å². The highest BCUT2D eigenvalue weighted by Gasteiger charge is 2.17. The SMILES string of the molecule is CN(C)CCC(Oc1ccc2ccccc2c1)c1ccccn1.CNCCC(Oc1cccc2ccccc12)c1ccco1.O=S(=O)(O)O. The van der Waals surface area contributed by atoms with Crippen molar-refractivity contribution in [3.05, 3.63) is 139 Å². The third-order valence-electron chi connectivity index (χ3n) is 7.39. The highest BCUT2D eigenvalue weighted by Crippen LogP contribution is 2.31. The van der Waals surface area contributed by atoms with Crippen LogP contribution in [0.5, 0.6) is 11.5 Å². The summed E-state index contributed by atoms with van der Waals surface area (Å²) in [4.78, 5) is 6.64. The molecule has 0 saturated carbocycles. The van der Waals surface area contributed by atoms with Crippen molar-refractivity contribution in [1.82, 2.24) is 15.2 Å². The van der Waals surface area contributed by atoms with E-state index in [0.29, 0.717) is 0 Å². The predicted molar refractivity (Wildman–Crippen MR) is 193 cm³/mol. The lowest BCUT2D eigenvalue weighted by molar-refractivity contribution is 0.168. The van der Waals surface area contributed by atoms with E-state index in [1.54, 1.807) is 6.26 Å². The summed E-state index contributed by atoms with van der Waals surface area (Å²) in [6.45, 7) is 1.82. The third-order valence-corrected chi connectivity index (χ3v) is 7.39. The fraction of sp³-hybridized carbons (Fsp3) is 0.237. The Labute approximate surface area is 287 Å². The van der Waals surface area contributed by atoms with Crippen molar-refractivity contribution < 1.29 is 31.4 Å². The smallest absolute Gasteiger partial charge is 0.394 e. The van der Waals surface area contributed by atoms with Gasteiger partial charge < -0.3 is 24.1 Å². The normalized spacial score (nSPS) is 12.4. The molecule has 2 heterocycles. The van der Waals surface area contributed by atoms with Crippen molar-refractivity contribution in [2.24, 2.45) is 0 Å². The Morgan fingerprint density at radius 2 is 1.47 bits per heavy atom. The van der Waals surface area contributed by atoms with Crippen LogP contribution >= 0.6 is 0 Å². The molecule has 11 heteroatoms. The number of pyridine rings is 1. The molecular weight excluding hydrogens is 642 g/mol. The van der Waals surface area contributed by atoms with Crippen molar-refractivity contribution in [3.8, 4) is 11.5 Å². The first-order valence-electron chi connectivity index (χ1n) is 15.8. The fourth-order valence-electron chi connectivity index (χ4n) is 5.07. The number of furan rings is 1. The number of hydrogen-bond acceptors (Lipinski definition) is 8. The molecule has 4 aromatic carbocycles. The van der Waals surface area contributed by atoms with E-state index in [0.717, 1.165) is 54.3 Å². The molecule has 0 aliphatic rings. The fourth-order valence-corrected chi connectivity index (χ4v) is 5.07. The highest BCUT2D eigenvalue weighted by molar-refractivity contribution is 7.79. The highest BCUT2D eigenvalue weighted by atomic mass is 32.3. The van der Waals surface area contributed by atoms with Gasteiger partial charge in [0.1, 0.15) is 23.4 Å². The Morgan fingerprint density at radius 1 is 0.776 bits per heavy atom. The van der Waals surface area contributed by atoms with Crippen molar-refractivity contribution >= 4 is 31.9 Å².